The maximum atomic E-state index is 13.3. The van der Waals surface area contributed by atoms with Crippen LogP contribution in [0.1, 0.15) is 51.8 Å². The molecule has 2 aromatic rings. The molecule has 0 radical (unpaired) electrons. The van der Waals surface area contributed by atoms with Gasteiger partial charge in [-0.2, -0.15) is 0 Å². The third-order valence-corrected chi connectivity index (χ3v) is 4.39. The van der Waals surface area contributed by atoms with Gasteiger partial charge in [-0.15, -0.1) is 0 Å². The monoisotopic (exact) mass is 278 g/mol. The number of H-pyrrole nitrogens is 1. The van der Waals surface area contributed by atoms with Gasteiger partial charge in [0, 0.05) is 17.5 Å². The van der Waals surface area contributed by atoms with E-state index in [9.17, 15) is 8.78 Å². The van der Waals surface area contributed by atoms with Crippen molar-refractivity contribution >= 4 is 11.0 Å². The lowest BCUT2D eigenvalue weighted by atomic mass is 9.78. The minimum Gasteiger partial charge on any atom is -0.341 e. The number of hydrogen-bond acceptors (Lipinski definition) is 1. The molecule has 0 saturated heterocycles. The summed E-state index contributed by atoms with van der Waals surface area (Å²) >= 11 is 0. The van der Waals surface area contributed by atoms with Crippen LogP contribution < -0.4 is 0 Å². The third-order valence-electron chi connectivity index (χ3n) is 4.39. The Labute approximate surface area is 117 Å². The average Bonchev–Trinajstić information content (AvgIpc) is 2.97. The van der Waals surface area contributed by atoms with Gasteiger partial charge in [-0.3, -0.25) is 0 Å². The highest BCUT2D eigenvalue weighted by molar-refractivity contribution is 5.75. The topological polar surface area (TPSA) is 28.7 Å². The molecule has 1 aromatic heterocycles. The van der Waals surface area contributed by atoms with Crippen LogP contribution in [0.15, 0.2) is 12.1 Å². The standard InChI is InChI=1S/C16H20F2N2/c1-10(2)9-16(5-3-4-6-16)15-19-13-7-11(17)12(18)8-14(13)20-15/h7-8,10H,3-6,9H2,1-2H3,(H,19,20). The summed E-state index contributed by atoms with van der Waals surface area (Å²) in [6.45, 7) is 4.42. The fraction of sp³-hybridized carbons (Fsp3) is 0.562. The Hall–Kier alpha value is -1.45. The van der Waals surface area contributed by atoms with E-state index < -0.39 is 11.6 Å². The van der Waals surface area contributed by atoms with Crippen LogP contribution in [0.4, 0.5) is 8.78 Å². The van der Waals surface area contributed by atoms with E-state index in [-0.39, 0.29) is 5.41 Å². The molecule has 108 valence electrons. The van der Waals surface area contributed by atoms with Gasteiger partial charge in [0.05, 0.1) is 11.0 Å². The number of fused-ring (bicyclic) bond motifs is 1. The van der Waals surface area contributed by atoms with E-state index in [1.807, 2.05) is 0 Å². The van der Waals surface area contributed by atoms with Gasteiger partial charge in [0.2, 0.25) is 0 Å². The summed E-state index contributed by atoms with van der Waals surface area (Å²) in [5.41, 5.74) is 1.17. The largest absolute Gasteiger partial charge is 0.341 e. The second kappa shape index (κ2) is 4.83. The predicted molar refractivity (Wildman–Crippen MR) is 75.6 cm³/mol. The lowest BCUT2D eigenvalue weighted by Crippen LogP contribution is -2.25. The fourth-order valence-electron chi connectivity index (χ4n) is 3.63. The van der Waals surface area contributed by atoms with Crippen LogP contribution in [0, 0.1) is 17.6 Å². The predicted octanol–water partition coefficient (Wildman–Crippen LogP) is 4.70. The van der Waals surface area contributed by atoms with Crippen molar-refractivity contribution in [2.45, 2.75) is 51.4 Å². The number of aromatic amines is 1. The maximum Gasteiger partial charge on any atom is 0.161 e. The molecule has 0 atom stereocenters. The summed E-state index contributed by atoms with van der Waals surface area (Å²) in [7, 11) is 0. The number of imidazole rings is 1. The molecule has 1 saturated carbocycles. The number of nitrogens with one attached hydrogen (secondary N) is 1. The van der Waals surface area contributed by atoms with Crippen molar-refractivity contribution in [3.63, 3.8) is 0 Å². The molecule has 20 heavy (non-hydrogen) atoms. The van der Waals surface area contributed by atoms with Crippen molar-refractivity contribution in [1.29, 1.82) is 0 Å². The molecule has 1 N–H and O–H groups in total. The summed E-state index contributed by atoms with van der Waals surface area (Å²) in [6, 6.07) is 2.39. The lowest BCUT2D eigenvalue weighted by Gasteiger charge is -2.28. The zero-order valence-corrected chi connectivity index (χ0v) is 12.0. The van der Waals surface area contributed by atoms with Crippen LogP contribution in [-0.4, -0.2) is 9.97 Å². The van der Waals surface area contributed by atoms with Crippen LogP contribution in [0.5, 0.6) is 0 Å². The molecule has 2 nitrogen and oxygen atoms in total. The van der Waals surface area contributed by atoms with Gasteiger partial charge in [0.25, 0.3) is 0 Å². The summed E-state index contributed by atoms with van der Waals surface area (Å²) < 4.78 is 26.6. The molecule has 1 aliphatic carbocycles. The zero-order chi connectivity index (χ0) is 14.3. The number of hydrogen-bond donors (Lipinski definition) is 1. The zero-order valence-electron chi connectivity index (χ0n) is 12.0. The Kier molecular flexibility index (Phi) is 3.27. The highest BCUT2D eigenvalue weighted by Crippen LogP contribution is 2.44. The molecule has 0 amide bonds. The number of halogens is 2. The number of rotatable bonds is 3. The molecule has 0 unspecified atom stereocenters. The van der Waals surface area contributed by atoms with E-state index in [1.165, 1.54) is 25.0 Å². The second-order valence-corrected chi connectivity index (χ2v) is 6.45. The molecule has 4 heteroatoms. The van der Waals surface area contributed by atoms with Crippen molar-refractivity contribution in [1.82, 2.24) is 9.97 Å². The molecule has 0 spiro atoms. The SMILES string of the molecule is CC(C)CC1(c2nc3cc(F)c(F)cc3[nH]2)CCCC1. The smallest absolute Gasteiger partial charge is 0.161 e. The summed E-state index contributed by atoms with van der Waals surface area (Å²) in [6.07, 6.45) is 5.68. The van der Waals surface area contributed by atoms with E-state index in [4.69, 9.17) is 0 Å². The lowest BCUT2D eigenvalue weighted by molar-refractivity contribution is 0.332. The van der Waals surface area contributed by atoms with Crippen molar-refractivity contribution < 1.29 is 8.78 Å². The summed E-state index contributed by atoms with van der Waals surface area (Å²) in [5.74, 6) is -0.171. The third kappa shape index (κ3) is 2.21. The van der Waals surface area contributed by atoms with Crippen molar-refractivity contribution in [3.8, 4) is 0 Å². The van der Waals surface area contributed by atoms with Crippen molar-refractivity contribution in [2.24, 2.45) is 5.92 Å². The molecule has 3 rings (SSSR count). The first kappa shape index (κ1) is 13.5. The van der Waals surface area contributed by atoms with Crippen molar-refractivity contribution in [2.75, 3.05) is 0 Å². The normalized spacial score (nSPS) is 18.2. The fourth-order valence-corrected chi connectivity index (χ4v) is 3.63. The molecule has 1 heterocycles. The molecule has 1 aromatic carbocycles. The van der Waals surface area contributed by atoms with Gasteiger partial charge in [-0.1, -0.05) is 26.7 Å². The first-order valence-electron chi connectivity index (χ1n) is 7.35. The van der Waals surface area contributed by atoms with Gasteiger partial charge in [0.15, 0.2) is 11.6 Å². The Bertz CT molecular complexity index is 586. The molecule has 1 aliphatic rings. The number of benzene rings is 1. The van der Waals surface area contributed by atoms with Crippen molar-refractivity contribution in [3.05, 3.63) is 29.6 Å². The van der Waals surface area contributed by atoms with Crippen LogP contribution >= 0.6 is 0 Å². The van der Waals surface area contributed by atoms with Gasteiger partial charge < -0.3 is 4.98 Å². The molecule has 0 aliphatic heterocycles. The van der Waals surface area contributed by atoms with Gasteiger partial charge >= 0.3 is 0 Å². The Balaban J connectivity index is 2.07. The van der Waals surface area contributed by atoms with E-state index in [1.54, 1.807) is 0 Å². The molecule has 0 bridgehead atoms. The van der Waals surface area contributed by atoms with E-state index in [0.717, 1.165) is 25.1 Å². The quantitative estimate of drug-likeness (QED) is 0.866. The van der Waals surface area contributed by atoms with Gasteiger partial charge in [0.1, 0.15) is 5.82 Å². The van der Waals surface area contributed by atoms with E-state index >= 15 is 0 Å². The summed E-state index contributed by atoms with van der Waals surface area (Å²) in [5, 5.41) is 0. The second-order valence-electron chi connectivity index (χ2n) is 6.45. The van der Waals surface area contributed by atoms with E-state index in [2.05, 4.69) is 23.8 Å². The molecule has 1 fully saturated rings. The minimum atomic E-state index is -0.833. The molecular weight excluding hydrogens is 258 g/mol. The molecular formula is C16H20F2N2. The highest BCUT2D eigenvalue weighted by Gasteiger charge is 2.38. The van der Waals surface area contributed by atoms with Crippen LogP contribution in [0.25, 0.3) is 11.0 Å². The van der Waals surface area contributed by atoms with Gasteiger partial charge in [-0.05, 0) is 25.2 Å². The van der Waals surface area contributed by atoms with E-state index in [0.29, 0.717) is 17.0 Å². The number of aromatic nitrogens is 2. The average molecular weight is 278 g/mol. The highest BCUT2D eigenvalue weighted by atomic mass is 19.2. The van der Waals surface area contributed by atoms with Crippen LogP contribution in [0.3, 0.4) is 0 Å². The maximum absolute atomic E-state index is 13.3. The first-order valence-corrected chi connectivity index (χ1v) is 7.35. The summed E-state index contributed by atoms with van der Waals surface area (Å²) in [4.78, 5) is 7.79. The minimum absolute atomic E-state index is 0.0557. The van der Waals surface area contributed by atoms with Crippen LogP contribution in [-0.2, 0) is 5.41 Å². The van der Waals surface area contributed by atoms with Crippen LogP contribution in [0.2, 0.25) is 0 Å². The Morgan fingerprint density at radius 3 is 2.50 bits per heavy atom. The van der Waals surface area contributed by atoms with Gasteiger partial charge in [-0.25, -0.2) is 13.8 Å². The number of nitrogens with zero attached hydrogens (tertiary/aromatic N) is 1. The Morgan fingerprint density at radius 1 is 1.20 bits per heavy atom. The Morgan fingerprint density at radius 2 is 1.85 bits per heavy atom. The first-order chi connectivity index (χ1) is 9.50.